The quantitative estimate of drug-likeness (QED) is 0.677. The predicted octanol–water partition coefficient (Wildman–Crippen LogP) is 3.02. The molecule has 29 heavy (non-hydrogen) atoms. The van der Waals surface area contributed by atoms with Crippen LogP contribution in [0.3, 0.4) is 0 Å². The van der Waals surface area contributed by atoms with E-state index < -0.39 is 0 Å². The van der Waals surface area contributed by atoms with Crippen molar-refractivity contribution in [1.82, 2.24) is 16.3 Å². The van der Waals surface area contributed by atoms with E-state index in [4.69, 9.17) is 4.42 Å². The van der Waals surface area contributed by atoms with E-state index in [1.807, 2.05) is 58.0 Å². The Kier molecular flexibility index (Phi) is 6.17. The first-order valence-corrected chi connectivity index (χ1v) is 9.84. The van der Waals surface area contributed by atoms with Crippen molar-refractivity contribution in [3.05, 3.63) is 58.5 Å². The molecule has 0 aliphatic heterocycles. The number of hydrogen-bond donors (Lipinski definition) is 3. The number of hydrazine groups is 1. The number of furan rings is 1. The van der Waals surface area contributed by atoms with Crippen LogP contribution in [0.4, 0.5) is 0 Å². The summed E-state index contributed by atoms with van der Waals surface area (Å²) >= 11 is 0. The first-order valence-electron chi connectivity index (χ1n) is 9.84. The standard InChI is InChI=1S/C22H28N4O3/c1-14-19-16(23-24-18(27)13-15-9-6-5-7-10-15)11-8-12-17(19)29-20(14)21(28)25-26-22(2,3)4/h5-7,9-10,26H,8,11-13H2,1-4H3,(H,24,27)(H,25,28)/b23-16+. The molecule has 1 aliphatic carbocycles. The second kappa shape index (κ2) is 8.61. The van der Waals surface area contributed by atoms with Crippen molar-refractivity contribution >= 4 is 17.5 Å². The Labute approximate surface area is 170 Å². The molecule has 0 bridgehead atoms. The van der Waals surface area contributed by atoms with Crippen molar-refractivity contribution < 1.29 is 14.0 Å². The van der Waals surface area contributed by atoms with Gasteiger partial charge in [-0.25, -0.2) is 10.9 Å². The molecule has 0 spiro atoms. The van der Waals surface area contributed by atoms with Gasteiger partial charge in [-0.2, -0.15) is 5.10 Å². The zero-order valence-corrected chi connectivity index (χ0v) is 17.4. The number of amides is 2. The summed E-state index contributed by atoms with van der Waals surface area (Å²) in [4.78, 5) is 24.8. The average Bonchev–Trinajstić information content (AvgIpc) is 3.02. The van der Waals surface area contributed by atoms with Crippen molar-refractivity contribution in [3.8, 4) is 0 Å². The second-order valence-corrected chi connectivity index (χ2v) is 8.29. The van der Waals surface area contributed by atoms with E-state index in [1.165, 1.54) is 0 Å². The van der Waals surface area contributed by atoms with E-state index in [0.29, 0.717) is 0 Å². The Bertz CT molecular complexity index is 924. The van der Waals surface area contributed by atoms with Gasteiger partial charge in [0.05, 0.1) is 12.1 Å². The summed E-state index contributed by atoms with van der Waals surface area (Å²) in [5.41, 5.74) is 11.3. The van der Waals surface area contributed by atoms with Crippen LogP contribution in [0.5, 0.6) is 0 Å². The Morgan fingerprint density at radius 1 is 1.14 bits per heavy atom. The molecular weight excluding hydrogens is 368 g/mol. The molecule has 2 amide bonds. The molecule has 0 atom stereocenters. The molecule has 0 fully saturated rings. The number of nitrogens with one attached hydrogen (secondary N) is 3. The fraction of sp³-hybridized carbons (Fsp3) is 0.409. The van der Waals surface area contributed by atoms with Gasteiger partial charge in [-0.1, -0.05) is 30.3 Å². The van der Waals surface area contributed by atoms with Crippen LogP contribution >= 0.6 is 0 Å². The third kappa shape index (κ3) is 5.32. The highest BCUT2D eigenvalue weighted by molar-refractivity contribution is 6.06. The molecule has 1 aliphatic rings. The summed E-state index contributed by atoms with van der Waals surface area (Å²) < 4.78 is 5.85. The van der Waals surface area contributed by atoms with Crippen LogP contribution in [-0.2, 0) is 17.6 Å². The average molecular weight is 396 g/mol. The highest BCUT2D eigenvalue weighted by Crippen LogP contribution is 2.29. The van der Waals surface area contributed by atoms with E-state index in [0.717, 1.165) is 47.4 Å². The molecule has 1 aromatic carbocycles. The van der Waals surface area contributed by atoms with Crippen molar-refractivity contribution in [2.75, 3.05) is 0 Å². The van der Waals surface area contributed by atoms with Gasteiger partial charge in [0.15, 0.2) is 5.76 Å². The van der Waals surface area contributed by atoms with E-state index in [2.05, 4.69) is 21.4 Å². The van der Waals surface area contributed by atoms with Gasteiger partial charge in [-0.15, -0.1) is 0 Å². The normalized spacial score (nSPS) is 15.1. The minimum Gasteiger partial charge on any atom is -0.455 e. The molecule has 7 nitrogen and oxygen atoms in total. The van der Waals surface area contributed by atoms with E-state index in [9.17, 15) is 9.59 Å². The van der Waals surface area contributed by atoms with Gasteiger partial charge >= 0.3 is 5.91 Å². The zero-order chi connectivity index (χ0) is 21.0. The summed E-state index contributed by atoms with van der Waals surface area (Å²) in [5, 5.41) is 4.35. The molecular formula is C22H28N4O3. The molecule has 3 N–H and O–H groups in total. The predicted molar refractivity (Wildman–Crippen MR) is 112 cm³/mol. The van der Waals surface area contributed by atoms with Crippen LogP contribution in [-0.4, -0.2) is 23.1 Å². The smallest absolute Gasteiger partial charge is 0.301 e. The third-order valence-electron chi connectivity index (χ3n) is 4.61. The monoisotopic (exact) mass is 396 g/mol. The number of nitrogens with zero attached hydrogens (tertiary/aromatic N) is 1. The van der Waals surface area contributed by atoms with Gasteiger partial charge in [0.2, 0.25) is 5.91 Å². The van der Waals surface area contributed by atoms with Crippen LogP contribution in [0.1, 0.15) is 66.6 Å². The molecule has 0 radical (unpaired) electrons. The van der Waals surface area contributed by atoms with Crippen LogP contribution in [0, 0.1) is 6.92 Å². The maximum Gasteiger partial charge on any atom is 0.301 e. The minimum absolute atomic E-state index is 0.177. The van der Waals surface area contributed by atoms with Gasteiger partial charge in [0.25, 0.3) is 0 Å². The van der Waals surface area contributed by atoms with Gasteiger partial charge in [0, 0.05) is 23.1 Å². The van der Waals surface area contributed by atoms with Gasteiger partial charge in [-0.05, 0) is 46.1 Å². The summed E-state index contributed by atoms with van der Waals surface area (Å²) in [7, 11) is 0. The van der Waals surface area contributed by atoms with Crippen LogP contribution in [0.15, 0.2) is 39.9 Å². The summed E-state index contributed by atoms with van der Waals surface area (Å²) in [5.74, 6) is 0.520. The Morgan fingerprint density at radius 2 is 1.86 bits per heavy atom. The van der Waals surface area contributed by atoms with Gasteiger partial charge < -0.3 is 4.42 Å². The van der Waals surface area contributed by atoms with E-state index >= 15 is 0 Å². The Balaban J connectivity index is 1.74. The maximum atomic E-state index is 12.5. The van der Waals surface area contributed by atoms with Gasteiger partial charge in [0.1, 0.15) is 5.76 Å². The molecule has 2 aromatic rings. The van der Waals surface area contributed by atoms with Crippen LogP contribution in [0.25, 0.3) is 0 Å². The molecule has 3 rings (SSSR count). The van der Waals surface area contributed by atoms with Crippen LogP contribution < -0.4 is 16.3 Å². The summed E-state index contributed by atoms with van der Waals surface area (Å²) in [6, 6.07) is 9.53. The number of hydrazone groups is 1. The SMILES string of the molecule is Cc1c(C(=O)NNC(C)(C)C)oc2c1/C(=N/NC(=O)Cc1ccccc1)CCC2. The lowest BCUT2D eigenvalue weighted by Gasteiger charge is -2.20. The molecule has 0 unspecified atom stereocenters. The van der Waals surface area contributed by atoms with Gasteiger partial charge in [-0.3, -0.25) is 15.0 Å². The first-order chi connectivity index (χ1) is 13.7. The lowest BCUT2D eigenvalue weighted by Crippen LogP contribution is -2.48. The number of aryl methyl sites for hydroxylation is 1. The summed E-state index contributed by atoms with van der Waals surface area (Å²) in [6.07, 6.45) is 2.59. The molecule has 154 valence electrons. The minimum atomic E-state index is -0.320. The highest BCUT2D eigenvalue weighted by atomic mass is 16.4. The lowest BCUT2D eigenvalue weighted by atomic mass is 9.93. The second-order valence-electron chi connectivity index (χ2n) is 8.29. The molecule has 0 saturated heterocycles. The number of rotatable bonds is 5. The largest absolute Gasteiger partial charge is 0.455 e. The van der Waals surface area contributed by atoms with E-state index in [1.54, 1.807) is 0 Å². The molecule has 7 heteroatoms. The first kappa shape index (κ1) is 20.8. The Morgan fingerprint density at radius 3 is 2.55 bits per heavy atom. The fourth-order valence-electron chi connectivity index (χ4n) is 3.25. The van der Waals surface area contributed by atoms with Crippen molar-refractivity contribution in [2.24, 2.45) is 5.10 Å². The number of benzene rings is 1. The third-order valence-corrected chi connectivity index (χ3v) is 4.61. The zero-order valence-electron chi connectivity index (χ0n) is 17.4. The van der Waals surface area contributed by atoms with Crippen LogP contribution in [0.2, 0.25) is 0 Å². The lowest BCUT2D eigenvalue weighted by molar-refractivity contribution is -0.120. The summed E-state index contributed by atoms with van der Waals surface area (Å²) in [6.45, 7) is 7.71. The molecule has 1 heterocycles. The molecule has 0 saturated carbocycles. The topological polar surface area (TPSA) is 95.7 Å². The number of carbonyl (C=O) groups excluding carboxylic acids is 2. The number of carbonyl (C=O) groups is 2. The molecule has 1 aromatic heterocycles. The Hall–Kier alpha value is -2.93. The number of fused-ring (bicyclic) bond motifs is 1. The number of hydrogen-bond acceptors (Lipinski definition) is 5. The van der Waals surface area contributed by atoms with Crippen molar-refractivity contribution in [1.29, 1.82) is 0 Å². The maximum absolute atomic E-state index is 12.5. The highest BCUT2D eigenvalue weighted by Gasteiger charge is 2.28. The van der Waals surface area contributed by atoms with E-state index in [-0.39, 0.29) is 29.5 Å². The van der Waals surface area contributed by atoms with Crippen molar-refractivity contribution in [2.45, 2.75) is 58.9 Å². The van der Waals surface area contributed by atoms with Crippen molar-refractivity contribution in [3.63, 3.8) is 0 Å². The fourth-order valence-corrected chi connectivity index (χ4v) is 3.25.